The molecule has 0 bridgehead atoms. The van der Waals surface area contributed by atoms with Crippen LogP contribution in [0.25, 0.3) is 0 Å². The average Bonchev–Trinajstić information content (AvgIpc) is 2.48. The van der Waals surface area contributed by atoms with Crippen LogP contribution in [0, 0.1) is 5.82 Å². The topological polar surface area (TPSA) is 35.2 Å². The normalized spacial score (nSPS) is 13.8. The number of nitrogens with two attached hydrogens (primary N) is 1. The molecule has 2 rings (SSSR count). The number of ether oxygens (including phenoxy) is 1. The highest BCUT2D eigenvalue weighted by molar-refractivity contribution is 5.43. The summed E-state index contributed by atoms with van der Waals surface area (Å²) in [5.74, 6) is 1.52. The van der Waals surface area contributed by atoms with Gasteiger partial charge in [-0.15, -0.1) is 0 Å². The maximum absolute atomic E-state index is 13.4. The van der Waals surface area contributed by atoms with E-state index in [-0.39, 0.29) is 11.9 Å². The fourth-order valence-corrected chi connectivity index (χ4v) is 2.29. The summed E-state index contributed by atoms with van der Waals surface area (Å²) in [6.07, 6.45) is 1.03. The molecule has 2 nitrogen and oxygen atoms in total. The highest BCUT2D eigenvalue weighted by atomic mass is 19.1. The van der Waals surface area contributed by atoms with E-state index in [2.05, 4.69) is 19.9 Å². The third-order valence-electron chi connectivity index (χ3n) is 3.74. The van der Waals surface area contributed by atoms with Gasteiger partial charge in [-0.2, -0.15) is 0 Å². The van der Waals surface area contributed by atoms with Gasteiger partial charge in [0.2, 0.25) is 0 Å². The standard InChI is InChI=1S/C18H22FNO/c1-4-12(2)15-7-5-6-8-17(15)21-18-10-9-14(19)11-16(18)13(3)20/h5-13H,4,20H2,1-3H3/t12?,13-/m0/s1. The Labute approximate surface area is 125 Å². The van der Waals surface area contributed by atoms with E-state index in [9.17, 15) is 4.39 Å². The van der Waals surface area contributed by atoms with Gasteiger partial charge in [-0.1, -0.05) is 32.0 Å². The van der Waals surface area contributed by atoms with Crippen molar-refractivity contribution in [2.75, 3.05) is 0 Å². The van der Waals surface area contributed by atoms with Crippen LogP contribution in [0.3, 0.4) is 0 Å². The number of rotatable bonds is 5. The Morgan fingerprint density at radius 1 is 1.05 bits per heavy atom. The summed E-state index contributed by atoms with van der Waals surface area (Å²) in [6.45, 7) is 6.13. The van der Waals surface area contributed by atoms with Gasteiger partial charge in [0.05, 0.1) is 0 Å². The molecule has 0 amide bonds. The van der Waals surface area contributed by atoms with E-state index < -0.39 is 0 Å². The minimum Gasteiger partial charge on any atom is -0.457 e. The fraction of sp³-hybridized carbons (Fsp3) is 0.333. The maximum atomic E-state index is 13.4. The largest absolute Gasteiger partial charge is 0.457 e. The molecule has 0 saturated carbocycles. The van der Waals surface area contributed by atoms with E-state index in [1.807, 2.05) is 25.1 Å². The molecule has 2 N–H and O–H groups in total. The SMILES string of the molecule is CCC(C)c1ccccc1Oc1ccc(F)cc1[C@H](C)N. The first-order valence-electron chi connectivity index (χ1n) is 7.34. The second-order valence-corrected chi connectivity index (χ2v) is 5.42. The molecule has 0 aliphatic heterocycles. The molecule has 3 heteroatoms. The first-order valence-corrected chi connectivity index (χ1v) is 7.34. The van der Waals surface area contributed by atoms with Gasteiger partial charge in [-0.25, -0.2) is 4.39 Å². The van der Waals surface area contributed by atoms with Crippen molar-refractivity contribution in [3.05, 3.63) is 59.4 Å². The number of benzene rings is 2. The van der Waals surface area contributed by atoms with Crippen LogP contribution >= 0.6 is 0 Å². The third kappa shape index (κ3) is 3.61. The van der Waals surface area contributed by atoms with Crippen molar-refractivity contribution in [2.45, 2.75) is 39.2 Å². The lowest BCUT2D eigenvalue weighted by atomic mass is 9.98. The Morgan fingerprint density at radius 2 is 1.71 bits per heavy atom. The third-order valence-corrected chi connectivity index (χ3v) is 3.74. The predicted molar refractivity (Wildman–Crippen MR) is 84.2 cm³/mol. The molecule has 0 aliphatic rings. The molecule has 1 unspecified atom stereocenters. The zero-order chi connectivity index (χ0) is 15.4. The lowest BCUT2D eigenvalue weighted by molar-refractivity contribution is 0.458. The number of halogens is 1. The van der Waals surface area contributed by atoms with Crippen LogP contribution in [0.4, 0.5) is 4.39 Å². The zero-order valence-corrected chi connectivity index (χ0v) is 12.8. The Balaban J connectivity index is 2.39. The molecule has 0 spiro atoms. The summed E-state index contributed by atoms with van der Waals surface area (Å²) >= 11 is 0. The highest BCUT2D eigenvalue weighted by Gasteiger charge is 2.14. The summed E-state index contributed by atoms with van der Waals surface area (Å²) in [7, 11) is 0. The van der Waals surface area contributed by atoms with Gasteiger partial charge < -0.3 is 10.5 Å². The van der Waals surface area contributed by atoms with Gasteiger partial charge >= 0.3 is 0 Å². The van der Waals surface area contributed by atoms with Crippen molar-refractivity contribution in [1.29, 1.82) is 0 Å². The zero-order valence-electron chi connectivity index (χ0n) is 12.8. The van der Waals surface area contributed by atoms with Crippen molar-refractivity contribution in [3.63, 3.8) is 0 Å². The Morgan fingerprint density at radius 3 is 2.38 bits per heavy atom. The van der Waals surface area contributed by atoms with Crippen LogP contribution in [0.5, 0.6) is 11.5 Å². The first-order chi connectivity index (χ1) is 10.0. The summed E-state index contributed by atoms with van der Waals surface area (Å²) in [5, 5.41) is 0. The van der Waals surface area contributed by atoms with Crippen LogP contribution in [0.2, 0.25) is 0 Å². The molecule has 2 atom stereocenters. The first kappa shape index (κ1) is 15.5. The molecule has 0 aliphatic carbocycles. The van der Waals surface area contributed by atoms with Gasteiger partial charge in [0.15, 0.2) is 0 Å². The fourth-order valence-electron chi connectivity index (χ4n) is 2.29. The smallest absolute Gasteiger partial charge is 0.132 e. The summed E-state index contributed by atoms with van der Waals surface area (Å²) in [5.41, 5.74) is 7.74. The molecule has 0 fully saturated rings. The van der Waals surface area contributed by atoms with E-state index >= 15 is 0 Å². The van der Waals surface area contributed by atoms with Crippen LogP contribution < -0.4 is 10.5 Å². The van der Waals surface area contributed by atoms with Crippen molar-refractivity contribution in [1.82, 2.24) is 0 Å². The quantitative estimate of drug-likeness (QED) is 0.825. The van der Waals surface area contributed by atoms with Crippen LogP contribution in [0.15, 0.2) is 42.5 Å². The Kier molecular flexibility index (Phi) is 4.97. The summed E-state index contributed by atoms with van der Waals surface area (Å²) in [6, 6.07) is 12.1. The molecule has 2 aromatic carbocycles. The molecule has 0 saturated heterocycles. The molecular formula is C18H22FNO. The van der Waals surface area contributed by atoms with Crippen LogP contribution in [-0.4, -0.2) is 0 Å². The molecule has 21 heavy (non-hydrogen) atoms. The Hall–Kier alpha value is -1.87. The Bertz CT molecular complexity index is 610. The molecular weight excluding hydrogens is 265 g/mol. The lowest BCUT2D eigenvalue weighted by Gasteiger charge is -2.18. The van der Waals surface area contributed by atoms with E-state index in [1.165, 1.54) is 12.1 Å². The number of para-hydroxylation sites is 1. The second kappa shape index (κ2) is 6.72. The number of hydrogen-bond donors (Lipinski definition) is 1. The number of hydrogen-bond acceptors (Lipinski definition) is 2. The van der Waals surface area contributed by atoms with Crippen LogP contribution in [-0.2, 0) is 0 Å². The highest BCUT2D eigenvalue weighted by Crippen LogP contribution is 2.34. The maximum Gasteiger partial charge on any atom is 0.132 e. The van der Waals surface area contributed by atoms with Gasteiger partial charge in [-0.05, 0) is 49.1 Å². The van der Waals surface area contributed by atoms with E-state index in [0.29, 0.717) is 17.2 Å². The van der Waals surface area contributed by atoms with E-state index in [0.717, 1.165) is 17.7 Å². The van der Waals surface area contributed by atoms with Crippen molar-refractivity contribution < 1.29 is 9.13 Å². The molecule has 0 heterocycles. The minimum absolute atomic E-state index is 0.286. The van der Waals surface area contributed by atoms with Gasteiger partial charge in [-0.3, -0.25) is 0 Å². The van der Waals surface area contributed by atoms with Gasteiger partial charge in [0.1, 0.15) is 17.3 Å². The van der Waals surface area contributed by atoms with E-state index in [1.54, 1.807) is 6.07 Å². The van der Waals surface area contributed by atoms with Crippen molar-refractivity contribution in [3.8, 4) is 11.5 Å². The minimum atomic E-state index is -0.301. The summed E-state index contributed by atoms with van der Waals surface area (Å²) in [4.78, 5) is 0. The summed E-state index contributed by atoms with van der Waals surface area (Å²) < 4.78 is 19.4. The molecule has 0 radical (unpaired) electrons. The predicted octanol–water partition coefficient (Wildman–Crippen LogP) is 5.15. The second-order valence-electron chi connectivity index (χ2n) is 5.42. The molecule has 2 aromatic rings. The van der Waals surface area contributed by atoms with Gasteiger partial charge in [0.25, 0.3) is 0 Å². The molecule has 112 valence electrons. The lowest BCUT2D eigenvalue weighted by Crippen LogP contribution is -2.07. The van der Waals surface area contributed by atoms with Gasteiger partial charge in [0, 0.05) is 11.6 Å². The monoisotopic (exact) mass is 287 g/mol. The van der Waals surface area contributed by atoms with Crippen LogP contribution in [0.1, 0.15) is 50.3 Å². The van der Waals surface area contributed by atoms with Crippen molar-refractivity contribution >= 4 is 0 Å². The average molecular weight is 287 g/mol. The van der Waals surface area contributed by atoms with Crippen molar-refractivity contribution in [2.24, 2.45) is 5.73 Å². The van der Waals surface area contributed by atoms with E-state index in [4.69, 9.17) is 10.5 Å². The molecule has 0 aromatic heterocycles.